The van der Waals surface area contributed by atoms with Crippen LogP contribution in [0.5, 0.6) is 11.8 Å². The van der Waals surface area contributed by atoms with Crippen LogP contribution in [-0.4, -0.2) is 35.1 Å². The molecule has 10 heteroatoms. The van der Waals surface area contributed by atoms with E-state index in [0.29, 0.717) is 23.2 Å². The Bertz CT molecular complexity index is 1810. The average molecular weight is 534 g/mol. The molecule has 0 radical (unpaired) electrons. The summed E-state index contributed by atoms with van der Waals surface area (Å²) in [7, 11) is 0. The standard InChI is InChI=1S/C29H23N7O2S/c1-18(22-14-9-15-39-22)34-37-16-23-31-27-26-25(20-10-5-3-6-11-20)24-19(2)32-36(21-12-7-4-8-13-21)29(24)38-28(26)30-17-35(27)33-23/h3-15,17,25H,16H2,1-2H3. The summed E-state index contributed by atoms with van der Waals surface area (Å²) >= 11 is 1.62. The van der Waals surface area contributed by atoms with Gasteiger partial charge in [0.05, 0.1) is 39.0 Å². The van der Waals surface area contributed by atoms with E-state index in [9.17, 15) is 0 Å². The van der Waals surface area contributed by atoms with Crippen LogP contribution in [0.4, 0.5) is 0 Å². The van der Waals surface area contributed by atoms with Crippen LogP contribution < -0.4 is 4.74 Å². The van der Waals surface area contributed by atoms with E-state index in [4.69, 9.17) is 19.7 Å². The lowest BCUT2D eigenvalue weighted by atomic mass is 9.84. The summed E-state index contributed by atoms with van der Waals surface area (Å²) in [5.74, 6) is 1.43. The van der Waals surface area contributed by atoms with Gasteiger partial charge < -0.3 is 9.57 Å². The molecule has 7 rings (SSSR count). The summed E-state index contributed by atoms with van der Waals surface area (Å²) in [6.07, 6.45) is 1.62. The smallest absolute Gasteiger partial charge is 0.230 e. The Morgan fingerprint density at radius 3 is 2.56 bits per heavy atom. The van der Waals surface area contributed by atoms with Gasteiger partial charge in [-0.15, -0.1) is 16.4 Å². The van der Waals surface area contributed by atoms with Gasteiger partial charge in [-0.2, -0.15) is 5.10 Å². The molecule has 4 aromatic heterocycles. The van der Waals surface area contributed by atoms with Crippen LogP contribution in [0.25, 0.3) is 11.3 Å². The van der Waals surface area contributed by atoms with Crippen LogP contribution >= 0.6 is 11.3 Å². The minimum Gasteiger partial charge on any atom is -0.420 e. The zero-order valence-corrected chi connectivity index (χ0v) is 22.0. The first-order valence-corrected chi connectivity index (χ1v) is 13.4. The monoisotopic (exact) mass is 533 g/mol. The number of thiophene rings is 1. The molecule has 192 valence electrons. The van der Waals surface area contributed by atoms with E-state index >= 15 is 0 Å². The van der Waals surface area contributed by atoms with Gasteiger partial charge in [0.15, 0.2) is 18.1 Å². The van der Waals surface area contributed by atoms with Gasteiger partial charge in [0, 0.05) is 0 Å². The van der Waals surface area contributed by atoms with Crippen molar-refractivity contribution >= 4 is 22.7 Å². The van der Waals surface area contributed by atoms with Crippen LogP contribution in [0, 0.1) is 6.92 Å². The van der Waals surface area contributed by atoms with Gasteiger partial charge in [0.1, 0.15) is 6.33 Å². The van der Waals surface area contributed by atoms with Crippen LogP contribution in [-0.2, 0) is 11.4 Å². The number of ether oxygens (including phenoxy) is 1. The van der Waals surface area contributed by atoms with Crippen molar-refractivity contribution in [3.8, 4) is 17.4 Å². The molecule has 0 amide bonds. The van der Waals surface area contributed by atoms with Gasteiger partial charge in [0.2, 0.25) is 11.8 Å². The van der Waals surface area contributed by atoms with Crippen molar-refractivity contribution in [3.63, 3.8) is 0 Å². The molecule has 0 bridgehead atoms. The van der Waals surface area contributed by atoms with Crippen LogP contribution in [0.2, 0.25) is 0 Å². The molecule has 39 heavy (non-hydrogen) atoms. The van der Waals surface area contributed by atoms with E-state index in [0.717, 1.165) is 38.7 Å². The quantitative estimate of drug-likeness (QED) is 0.195. The van der Waals surface area contributed by atoms with Gasteiger partial charge in [-0.05, 0) is 43.0 Å². The second-order valence-electron chi connectivity index (χ2n) is 9.18. The van der Waals surface area contributed by atoms with E-state index in [1.165, 1.54) is 0 Å². The first-order chi connectivity index (χ1) is 19.2. The normalized spacial score (nSPS) is 14.6. The van der Waals surface area contributed by atoms with Gasteiger partial charge in [0.25, 0.3) is 0 Å². The minimum absolute atomic E-state index is 0.131. The molecule has 1 aliphatic rings. The number of fused-ring (bicyclic) bond motifs is 4. The van der Waals surface area contributed by atoms with Gasteiger partial charge in [-0.1, -0.05) is 59.8 Å². The highest BCUT2D eigenvalue weighted by molar-refractivity contribution is 7.12. The molecule has 2 aromatic carbocycles. The van der Waals surface area contributed by atoms with Crippen molar-refractivity contribution in [2.24, 2.45) is 5.16 Å². The van der Waals surface area contributed by atoms with Gasteiger partial charge in [-0.3, -0.25) is 0 Å². The molecule has 0 N–H and O–H groups in total. The van der Waals surface area contributed by atoms with E-state index in [-0.39, 0.29) is 12.5 Å². The molecule has 0 saturated heterocycles. The number of aryl methyl sites for hydroxylation is 1. The lowest BCUT2D eigenvalue weighted by Crippen LogP contribution is -2.16. The third-order valence-electron chi connectivity index (χ3n) is 6.67. The highest BCUT2D eigenvalue weighted by Gasteiger charge is 2.38. The number of hydrogen-bond acceptors (Lipinski definition) is 8. The maximum Gasteiger partial charge on any atom is 0.230 e. The van der Waals surface area contributed by atoms with Gasteiger partial charge >= 0.3 is 0 Å². The Morgan fingerprint density at radius 1 is 1.00 bits per heavy atom. The first-order valence-electron chi connectivity index (χ1n) is 12.5. The fraction of sp³-hybridized carbons (Fsp3) is 0.138. The number of rotatable bonds is 6. The maximum absolute atomic E-state index is 6.46. The maximum atomic E-state index is 6.46. The summed E-state index contributed by atoms with van der Waals surface area (Å²) in [6.45, 7) is 4.06. The third kappa shape index (κ3) is 4.05. The van der Waals surface area contributed by atoms with Crippen molar-refractivity contribution in [2.45, 2.75) is 26.4 Å². The predicted molar refractivity (Wildman–Crippen MR) is 148 cm³/mol. The fourth-order valence-corrected chi connectivity index (χ4v) is 5.59. The Kier molecular flexibility index (Phi) is 5.66. The lowest BCUT2D eigenvalue weighted by molar-refractivity contribution is 0.125. The molecule has 6 aromatic rings. The Balaban J connectivity index is 1.32. The number of benzene rings is 2. The molecule has 5 heterocycles. The zero-order chi connectivity index (χ0) is 26.3. The molecular formula is C29H23N7O2S. The molecular weight excluding hydrogens is 510 g/mol. The molecule has 1 atom stereocenters. The van der Waals surface area contributed by atoms with E-state index < -0.39 is 0 Å². The zero-order valence-electron chi connectivity index (χ0n) is 21.2. The molecule has 1 aliphatic heterocycles. The van der Waals surface area contributed by atoms with Gasteiger partial charge in [-0.25, -0.2) is 19.2 Å². The SMILES string of the molecule is CC(=NOCc1nc2c3c(ncn2n1)Oc1c(c(C)nn1-c1ccccc1)C3c1ccccc1)c1cccs1. The summed E-state index contributed by atoms with van der Waals surface area (Å²) in [5.41, 5.74) is 6.15. The van der Waals surface area contributed by atoms with Crippen molar-refractivity contribution in [1.29, 1.82) is 0 Å². The first kappa shape index (κ1) is 23.3. The summed E-state index contributed by atoms with van der Waals surface area (Å²) in [6, 6.07) is 24.2. The molecule has 1 unspecified atom stereocenters. The van der Waals surface area contributed by atoms with Crippen molar-refractivity contribution in [3.05, 3.63) is 118 Å². The largest absolute Gasteiger partial charge is 0.420 e. The Morgan fingerprint density at radius 2 is 1.79 bits per heavy atom. The second kappa shape index (κ2) is 9.48. The molecule has 0 saturated carbocycles. The van der Waals surface area contributed by atoms with Crippen molar-refractivity contribution in [2.75, 3.05) is 0 Å². The summed E-state index contributed by atoms with van der Waals surface area (Å²) in [4.78, 5) is 16.2. The van der Waals surface area contributed by atoms with Crippen LogP contribution in [0.3, 0.4) is 0 Å². The minimum atomic E-state index is -0.198. The number of hydrogen-bond donors (Lipinski definition) is 0. The summed E-state index contributed by atoms with van der Waals surface area (Å²) < 4.78 is 9.98. The van der Waals surface area contributed by atoms with Crippen molar-refractivity contribution in [1.82, 2.24) is 29.4 Å². The van der Waals surface area contributed by atoms with Crippen LogP contribution in [0.1, 0.15) is 45.9 Å². The van der Waals surface area contributed by atoms with Crippen LogP contribution in [0.15, 0.2) is 89.7 Å². The number of nitrogens with zero attached hydrogens (tertiary/aromatic N) is 7. The highest BCUT2D eigenvalue weighted by atomic mass is 32.1. The Hall–Kier alpha value is -4.83. The number of aromatic nitrogens is 6. The molecule has 0 spiro atoms. The lowest BCUT2D eigenvalue weighted by Gasteiger charge is -2.26. The topological polar surface area (TPSA) is 91.7 Å². The van der Waals surface area contributed by atoms with E-state index in [2.05, 4.69) is 27.4 Å². The second-order valence-corrected chi connectivity index (χ2v) is 10.1. The van der Waals surface area contributed by atoms with E-state index in [1.807, 2.05) is 84.6 Å². The third-order valence-corrected chi connectivity index (χ3v) is 7.65. The molecule has 0 aliphatic carbocycles. The predicted octanol–water partition coefficient (Wildman–Crippen LogP) is 5.91. The fourth-order valence-electron chi connectivity index (χ4n) is 4.92. The Labute approximate surface area is 228 Å². The highest BCUT2D eigenvalue weighted by Crippen LogP contribution is 2.49. The molecule has 0 fully saturated rings. The van der Waals surface area contributed by atoms with E-state index in [1.54, 1.807) is 22.2 Å². The van der Waals surface area contributed by atoms with Crippen molar-refractivity contribution < 1.29 is 9.57 Å². The number of para-hydroxylation sites is 1. The average Bonchev–Trinajstić information content (AvgIpc) is 3.72. The molecule has 9 nitrogen and oxygen atoms in total. The number of oxime groups is 1. The summed E-state index contributed by atoms with van der Waals surface area (Å²) in [5, 5.41) is 15.7.